The van der Waals surface area contributed by atoms with Gasteiger partial charge in [-0.15, -0.1) is 0 Å². The summed E-state index contributed by atoms with van der Waals surface area (Å²) in [6.45, 7) is 1.99. The summed E-state index contributed by atoms with van der Waals surface area (Å²) in [6.07, 6.45) is 6.23. The van der Waals surface area contributed by atoms with Crippen LogP contribution in [0.25, 0.3) is 0 Å². The number of aromatic nitrogens is 1. The number of nitrogens with zero attached hydrogens (tertiary/aromatic N) is 2. The van der Waals surface area contributed by atoms with Gasteiger partial charge in [0.2, 0.25) is 5.69 Å². The number of ether oxygens (including phenoxy) is 2. The average molecular weight is 377 g/mol. The van der Waals surface area contributed by atoms with E-state index in [4.69, 9.17) is 9.47 Å². The molecule has 2 fully saturated rings. The van der Waals surface area contributed by atoms with Crippen molar-refractivity contribution in [2.75, 3.05) is 19.7 Å². The Morgan fingerprint density at radius 2 is 1.89 bits per heavy atom. The molecule has 0 bridgehead atoms. The number of carbonyl (C=O) groups excluding carboxylic acids is 2. The molecule has 2 heterocycles. The number of rotatable bonds is 5. The Balaban J connectivity index is 1.31. The fraction of sp³-hybridized carbons (Fsp3) is 0.632. The van der Waals surface area contributed by atoms with Crippen LogP contribution in [-0.2, 0) is 16.1 Å². The Labute approximate surface area is 159 Å². The van der Waals surface area contributed by atoms with Gasteiger partial charge in [-0.1, -0.05) is 0 Å². The molecule has 8 heteroatoms. The molecule has 0 radical (unpaired) electrons. The molecule has 8 nitrogen and oxygen atoms in total. The number of hydrogen-bond donors (Lipinski definition) is 1. The Hall–Kier alpha value is -2.51. The van der Waals surface area contributed by atoms with Crippen LogP contribution < -0.4 is 10.0 Å². The smallest absolute Gasteiger partial charge is 0.409 e. The topological polar surface area (TPSA) is 94.8 Å². The molecule has 0 unspecified atom stereocenters. The molecule has 27 heavy (non-hydrogen) atoms. The van der Waals surface area contributed by atoms with Crippen molar-refractivity contribution in [3.8, 4) is 0 Å². The Morgan fingerprint density at radius 3 is 2.59 bits per heavy atom. The molecule has 1 aliphatic heterocycles. The maximum atomic E-state index is 11.9. The molecule has 0 atom stereocenters. The van der Waals surface area contributed by atoms with Crippen molar-refractivity contribution in [2.45, 2.75) is 51.2 Å². The van der Waals surface area contributed by atoms with Crippen LogP contribution in [0.2, 0.25) is 0 Å². The Bertz CT molecular complexity index is 640. The van der Waals surface area contributed by atoms with Gasteiger partial charge in [0, 0.05) is 31.3 Å². The van der Waals surface area contributed by atoms with E-state index >= 15 is 0 Å². The van der Waals surface area contributed by atoms with Crippen LogP contribution in [-0.4, -0.2) is 42.8 Å². The van der Waals surface area contributed by atoms with Crippen LogP contribution in [0.4, 0.5) is 9.59 Å². The van der Waals surface area contributed by atoms with Crippen LogP contribution >= 0.6 is 0 Å². The number of alkyl carbamates (subject to hydrolysis) is 1. The molecule has 1 saturated heterocycles. The minimum Gasteiger partial charge on any atom is -0.618 e. The van der Waals surface area contributed by atoms with Gasteiger partial charge < -0.3 is 24.9 Å². The molecule has 148 valence electrons. The summed E-state index contributed by atoms with van der Waals surface area (Å²) < 4.78 is 11.2. The van der Waals surface area contributed by atoms with Crippen molar-refractivity contribution in [3.63, 3.8) is 0 Å². The van der Waals surface area contributed by atoms with Crippen LogP contribution in [0.15, 0.2) is 24.4 Å². The quantitative estimate of drug-likeness (QED) is 0.628. The van der Waals surface area contributed by atoms with Crippen LogP contribution in [0.5, 0.6) is 0 Å². The molecule has 1 aromatic rings. The fourth-order valence-corrected chi connectivity index (χ4v) is 3.58. The summed E-state index contributed by atoms with van der Waals surface area (Å²) in [5.41, 5.74) is 0.385. The first-order valence-corrected chi connectivity index (χ1v) is 9.64. The minimum absolute atomic E-state index is 0.0539. The van der Waals surface area contributed by atoms with E-state index in [0.717, 1.165) is 51.6 Å². The molecule has 3 rings (SSSR count). The lowest BCUT2D eigenvalue weighted by molar-refractivity contribution is -0.616. The average Bonchev–Trinajstić information content (AvgIpc) is 3.21. The molecule has 1 aliphatic carbocycles. The maximum Gasteiger partial charge on any atom is 0.409 e. The van der Waals surface area contributed by atoms with Gasteiger partial charge in [-0.3, -0.25) is 0 Å². The Morgan fingerprint density at radius 1 is 1.15 bits per heavy atom. The number of pyridine rings is 1. The van der Waals surface area contributed by atoms with E-state index in [2.05, 4.69) is 5.32 Å². The largest absolute Gasteiger partial charge is 0.618 e. The lowest BCUT2D eigenvalue weighted by Gasteiger charge is -2.29. The number of likely N-dealkylation sites (tertiary alicyclic amines) is 1. The van der Waals surface area contributed by atoms with Crippen molar-refractivity contribution in [1.82, 2.24) is 10.2 Å². The lowest BCUT2D eigenvalue weighted by Crippen LogP contribution is -2.39. The van der Waals surface area contributed by atoms with Crippen LogP contribution in [0.3, 0.4) is 0 Å². The summed E-state index contributed by atoms with van der Waals surface area (Å²) in [5.74, 6) is 0.342. The third-order valence-electron chi connectivity index (χ3n) is 5.23. The van der Waals surface area contributed by atoms with E-state index in [0.29, 0.717) is 22.9 Å². The van der Waals surface area contributed by atoms with E-state index in [1.165, 1.54) is 6.20 Å². The standard InChI is InChI=1S/C19H27N3O5/c23-18(26-14-17-5-1-2-12-22(17)25)20-16-8-6-15(7-9-16)13-27-19(24)21-10-3-4-11-21/h1-2,5,12,15-16H,3-4,6-11,13-14H2,(H,20,23). The van der Waals surface area contributed by atoms with Crippen molar-refractivity contribution in [1.29, 1.82) is 0 Å². The van der Waals surface area contributed by atoms with Gasteiger partial charge in [0.05, 0.1) is 6.61 Å². The van der Waals surface area contributed by atoms with E-state index in [-0.39, 0.29) is 18.7 Å². The van der Waals surface area contributed by atoms with Gasteiger partial charge in [0.15, 0.2) is 12.8 Å². The summed E-state index contributed by atoms with van der Waals surface area (Å²) >= 11 is 0. The van der Waals surface area contributed by atoms with Crippen molar-refractivity contribution in [2.24, 2.45) is 5.92 Å². The normalized spacial score (nSPS) is 22.3. The highest BCUT2D eigenvalue weighted by Crippen LogP contribution is 2.25. The molecule has 1 aromatic heterocycles. The van der Waals surface area contributed by atoms with Crippen molar-refractivity contribution < 1.29 is 23.8 Å². The first-order chi connectivity index (χ1) is 13.1. The maximum absolute atomic E-state index is 11.9. The zero-order valence-corrected chi connectivity index (χ0v) is 15.5. The van der Waals surface area contributed by atoms with Gasteiger partial charge in [-0.25, -0.2) is 9.59 Å². The van der Waals surface area contributed by atoms with E-state index in [1.54, 1.807) is 23.1 Å². The van der Waals surface area contributed by atoms with Gasteiger partial charge >= 0.3 is 12.2 Å². The summed E-state index contributed by atoms with van der Waals surface area (Å²) in [7, 11) is 0. The predicted molar refractivity (Wildman–Crippen MR) is 96.6 cm³/mol. The molecular weight excluding hydrogens is 350 g/mol. The van der Waals surface area contributed by atoms with Gasteiger partial charge in [0.25, 0.3) is 0 Å². The lowest BCUT2D eigenvalue weighted by atomic mass is 9.86. The zero-order chi connectivity index (χ0) is 19.1. The number of amides is 2. The van der Waals surface area contributed by atoms with Gasteiger partial charge in [-0.05, 0) is 50.5 Å². The number of hydrogen-bond acceptors (Lipinski definition) is 5. The molecule has 1 N–H and O–H groups in total. The molecule has 0 spiro atoms. The highest BCUT2D eigenvalue weighted by molar-refractivity contribution is 5.68. The fourth-order valence-electron chi connectivity index (χ4n) is 3.58. The van der Waals surface area contributed by atoms with E-state index in [9.17, 15) is 14.8 Å². The first kappa shape index (κ1) is 19.3. The summed E-state index contributed by atoms with van der Waals surface area (Å²) in [6, 6.07) is 5.02. The summed E-state index contributed by atoms with van der Waals surface area (Å²) in [5, 5.41) is 14.4. The Kier molecular flexibility index (Phi) is 6.73. The third-order valence-corrected chi connectivity index (χ3v) is 5.23. The minimum atomic E-state index is -0.511. The first-order valence-electron chi connectivity index (χ1n) is 9.64. The highest BCUT2D eigenvalue weighted by atomic mass is 16.6. The zero-order valence-electron chi connectivity index (χ0n) is 15.5. The molecular formula is C19H27N3O5. The third kappa shape index (κ3) is 5.74. The van der Waals surface area contributed by atoms with E-state index < -0.39 is 6.09 Å². The van der Waals surface area contributed by atoms with Crippen LogP contribution in [0, 0.1) is 11.1 Å². The van der Waals surface area contributed by atoms with Crippen molar-refractivity contribution in [3.05, 3.63) is 35.3 Å². The van der Waals surface area contributed by atoms with Crippen molar-refractivity contribution >= 4 is 12.2 Å². The highest BCUT2D eigenvalue weighted by Gasteiger charge is 2.25. The van der Waals surface area contributed by atoms with E-state index in [1.807, 2.05) is 0 Å². The second kappa shape index (κ2) is 9.43. The second-order valence-corrected chi connectivity index (χ2v) is 7.23. The molecule has 0 aromatic carbocycles. The SMILES string of the molecule is O=C(NC1CCC(COC(=O)N2CCCC2)CC1)OCc1cccc[n+]1[O-]. The predicted octanol–water partition coefficient (Wildman–Crippen LogP) is 2.34. The summed E-state index contributed by atoms with van der Waals surface area (Å²) in [4.78, 5) is 25.6. The molecule has 1 saturated carbocycles. The van der Waals surface area contributed by atoms with Gasteiger partial charge in [0.1, 0.15) is 0 Å². The number of nitrogens with one attached hydrogen (secondary N) is 1. The number of carbonyl (C=O) groups is 2. The van der Waals surface area contributed by atoms with Crippen LogP contribution in [0.1, 0.15) is 44.2 Å². The second-order valence-electron chi connectivity index (χ2n) is 7.23. The molecule has 2 aliphatic rings. The molecule has 2 amide bonds. The van der Waals surface area contributed by atoms with Gasteiger partial charge in [-0.2, -0.15) is 4.73 Å². The monoisotopic (exact) mass is 377 g/mol.